The van der Waals surface area contributed by atoms with Crippen LogP contribution in [0.25, 0.3) is 0 Å². The number of Topliss-reactive ketones (excluding diaryl/α,β-unsaturated/α-hetero) is 1. The van der Waals surface area contributed by atoms with Crippen LogP contribution in [0.5, 0.6) is 5.75 Å². The third-order valence-electron chi connectivity index (χ3n) is 3.34. The van der Waals surface area contributed by atoms with E-state index in [0.29, 0.717) is 16.3 Å². The smallest absolute Gasteiger partial charge is 0.216 e. The fraction of sp³-hybridized carbons (Fsp3) is 0.133. The van der Waals surface area contributed by atoms with Gasteiger partial charge in [-0.1, -0.05) is 35.9 Å². The molecule has 3 rings (SSSR count). The number of fused-ring (bicyclic) bond motifs is 1. The highest BCUT2D eigenvalue weighted by atomic mass is 35.5. The van der Waals surface area contributed by atoms with Crippen molar-refractivity contribution in [2.24, 2.45) is 0 Å². The lowest BCUT2D eigenvalue weighted by molar-refractivity contribution is 0.0606. The first kappa shape index (κ1) is 12.2. The maximum atomic E-state index is 13.9. The Morgan fingerprint density at radius 1 is 1.16 bits per heavy atom. The van der Waals surface area contributed by atoms with E-state index in [1.807, 2.05) is 0 Å². The molecule has 1 aliphatic rings. The highest BCUT2D eigenvalue weighted by molar-refractivity contribution is 6.35. The van der Waals surface area contributed by atoms with Crippen LogP contribution in [0.4, 0.5) is 4.39 Å². The zero-order valence-corrected chi connectivity index (χ0v) is 10.9. The van der Waals surface area contributed by atoms with Crippen LogP contribution in [0, 0.1) is 5.82 Å². The summed E-state index contributed by atoms with van der Waals surface area (Å²) < 4.78 is 19.6. The molecule has 1 unspecified atom stereocenters. The molecular formula is C15H10ClFO2. The number of halogens is 2. The summed E-state index contributed by atoms with van der Waals surface area (Å²) in [5.74, 6) is -0.399. The summed E-state index contributed by atoms with van der Waals surface area (Å²) in [4.78, 5) is 12.5. The summed E-state index contributed by atoms with van der Waals surface area (Å²) in [6.07, 6.45) is 0. The van der Waals surface area contributed by atoms with Crippen LogP contribution in [-0.4, -0.2) is 5.78 Å². The van der Waals surface area contributed by atoms with Gasteiger partial charge in [0.1, 0.15) is 11.6 Å². The van der Waals surface area contributed by atoms with Gasteiger partial charge in [-0.2, -0.15) is 0 Å². The Kier molecular flexibility index (Phi) is 2.61. The molecule has 0 radical (unpaired) electrons. The van der Waals surface area contributed by atoms with E-state index in [0.717, 1.165) is 0 Å². The van der Waals surface area contributed by atoms with Crippen LogP contribution in [0.3, 0.4) is 0 Å². The first-order chi connectivity index (χ1) is 9.04. The molecule has 1 atom stereocenters. The van der Waals surface area contributed by atoms with Gasteiger partial charge < -0.3 is 4.74 Å². The summed E-state index contributed by atoms with van der Waals surface area (Å²) >= 11 is 6.02. The molecule has 0 bridgehead atoms. The van der Waals surface area contributed by atoms with Crippen LogP contribution >= 0.6 is 11.6 Å². The lowest BCUT2D eigenvalue weighted by Crippen LogP contribution is -2.34. The van der Waals surface area contributed by atoms with Gasteiger partial charge in [0.05, 0.1) is 10.6 Å². The predicted octanol–water partition coefficient (Wildman–Crippen LogP) is 3.97. The van der Waals surface area contributed by atoms with Crippen LogP contribution in [-0.2, 0) is 5.60 Å². The molecule has 4 heteroatoms. The molecule has 0 amide bonds. The highest BCUT2D eigenvalue weighted by Crippen LogP contribution is 2.44. The summed E-state index contributed by atoms with van der Waals surface area (Å²) in [6, 6.07) is 11.1. The van der Waals surface area contributed by atoms with Gasteiger partial charge in [-0.15, -0.1) is 0 Å². The van der Waals surface area contributed by atoms with Gasteiger partial charge in [0, 0.05) is 5.56 Å². The predicted molar refractivity (Wildman–Crippen MR) is 70.2 cm³/mol. The standard InChI is InChI=1S/C15H10ClFO2/c1-15(9-5-2-3-7-11(9)17)14(18)13-10(16)6-4-8-12(13)19-15/h2-8H,1H3. The van der Waals surface area contributed by atoms with Crippen molar-refractivity contribution in [3.05, 3.63) is 64.4 Å². The average molecular weight is 277 g/mol. The topological polar surface area (TPSA) is 26.3 Å². The van der Waals surface area contributed by atoms with Crippen molar-refractivity contribution >= 4 is 17.4 Å². The highest BCUT2D eigenvalue weighted by Gasteiger charge is 2.47. The van der Waals surface area contributed by atoms with Crippen LogP contribution < -0.4 is 4.74 Å². The van der Waals surface area contributed by atoms with Gasteiger partial charge in [-0.3, -0.25) is 4.79 Å². The van der Waals surface area contributed by atoms with E-state index in [1.165, 1.54) is 6.07 Å². The van der Waals surface area contributed by atoms with Crippen LogP contribution in [0.15, 0.2) is 42.5 Å². The lowest BCUT2D eigenvalue weighted by atomic mass is 9.89. The molecule has 0 aliphatic carbocycles. The molecule has 0 spiro atoms. The SMILES string of the molecule is CC1(c2ccccc2F)Oc2cccc(Cl)c2C1=O. The molecule has 1 aliphatic heterocycles. The molecule has 1 heterocycles. The van der Waals surface area contributed by atoms with E-state index < -0.39 is 11.4 Å². The fourth-order valence-corrected chi connectivity index (χ4v) is 2.59. The summed E-state index contributed by atoms with van der Waals surface area (Å²) in [6.45, 7) is 1.56. The van der Waals surface area contributed by atoms with Crippen molar-refractivity contribution in [3.8, 4) is 5.75 Å². The van der Waals surface area contributed by atoms with Crippen LogP contribution in [0.2, 0.25) is 5.02 Å². The number of benzene rings is 2. The van der Waals surface area contributed by atoms with Crippen LogP contribution in [0.1, 0.15) is 22.8 Å². The minimum Gasteiger partial charge on any atom is -0.474 e. The van der Waals surface area contributed by atoms with Crippen molar-refractivity contribution in [2.75, 3.05) is 0 Å². The number of hydrogen-bond acceptors (Lipinski definition) is 2. The van der Waals surface area contributed by atoms with Gasteiger partial charge in [0.2, 0.25) is 5.78 Å². The number of ether oxygens (including phenoxy) is 1. The van der Waals surface area contributed by atoms with Crippen molar-refractivity contribution in [3.63, 3.8) is 0 Å². The number of hydrogen-bond donors (Lipinski definition) is 0. The minimum absolute atomic E-state index is 0.215. The van der Waals surface area contributed by atoms with E-state index in [1.54, 1.807) is 43.3 Å². The van der Waals surface area contributed by atoms with Gasteiger partial charge in [0.25, 0.3) is 0 Å². The summed E-state index contributed by atoms with van der Waals surface area (Å²) in [5, 5.41) is 0.322. The Balaban J connectivity index is 2.18. The third kappa shape index (κ3) is 1.65. The largest absolute Gasteiger partial charge is 0.474 e. The van der Waals surface area contributed by atoms with Crippen molar-refractivity contribution in [2.45, 2.75) is 12.5 Å². The second kappa shape index (κ2) is 4.07. The first-order valence-electron chi connectivity index (χ1n) is 5.81. The Morgan fingerprint density at radius 3 is 2.58 bits per heavy atom. The summed E-state index contributed by atoms with van der Waals surface area (Å²) in [7, 11) is 0. The maximum absolute atomic E-state index is 13.9. The molecule has 96 valence electrons. The van der Waals surface area contributed by atoms with Gasteiger partial charge >= 0.3 is 0 Å². The molecule has 0 saturated carbocycles. The monoisotopic (exact) mass is 276 g/mol. The number of carbonyl (C=O) groups is 1. The van der Waals surface area contributed by atoms with Crippen molar-refractivity contribution in [1.82, 2.24) is 0 Å². The molecule has 2 aromatic rings. The Morgan fingerprint density at radius 2 is 1.89 bits per heavy atom. The Labute approximate surface area is 114 Å². The Hall–Kier alpha value is -1.87. The molecule has 0 aromatic heterocycles. The lowest BCUT2D eigenvalue weighted by Gasteiger charge is -2.23. The normalized spacial score (nSPS) is 21.1. The number of rotatable bonds is 1. The zero-order valence-electron chi connectivity index (χ0n) is 10.1. The number of carbonyl (C=O) groups excluding carboxylic acids is 1. The first-order valence-corrected chi connectivity index (χ1v) is 6.19. The molecule has 2 aromatic carbocycles. The average Bonchev–Trinajstić information content (AvgIpc) is 2.64. The van der Waals surface area contributed by atoms with E-state index in [9.17, 15) is 9.18 Å². The maximum Gasteiger partial charge on any atom is 0.216 e. The number of ketones is 1. The second-order valence-electron chi connectivity index (χ2n) is 4.56. The third-order valence-corrected chi connectivity index (χ3v) is 3.65. The van der Waals surface area contributed by atoms with Crippen molar-refractivity contribution < 1.29 is 13.9 Å². The molecule has 0 saturated heterocycles. The van der Waals surface area contributed by atoms with Gasteiger partial charge in [-0.25, -0.2) is 4.39 Å². The molecular weight excluding hydrogens is 267 g/mol. The van der Waals surface area contributed by atoms with E-state index >= 15 is 0 Å². The van der Waals surface area contributed by atoms with E-state index in [-0.39, 0.29) is 11.3 Å². The van der Waals surface area contributed by atoms with E-state index in [2.05, 4.69) is 0 Å². The fourth-order valence-electron chi connectivity index (χ4n) is 2.34. The van der Waals surface area contributed by atoms with Gasteiger partial charge in [0.15, 0.2) is 5.60 Å². The summed E-state index contributed by atoms with van der Waals surface area (Å²) in [5.41, 5.74) is -0.833. The van der Waals surface area contributed by atoms with Crippen molar-refractivity contribution in [1.29, 1.82) is 0 Å². The Bertz CT molecular complexity index is 684. The molecule has 2 nitrogen and oxygen atoms in total. The van der Waals surface area contributed by atoms with E-state index in [4.69, 9.17) is 16.3 Å². The molecule has 0 N–H and O–H groups in total. The second-order valence-corrected chi connectivity index (χ2v) is 4.96. The minimum atomic E-state index is -1.36. The zero-order chi connectivity index (χ0) is 13.6. The quantitative estimate of drug-likeness (QED) is 0.788. The molecule has 0 fully saturated rings. The molecule has 19 heavy (non-hydrogen) atoms. The van der Waals surface area contributed by atoms with Gasteiger partial charge in [-0.05, 0) is 25.1 Å².